The van der Waals surface area contributed by atoms with E-state index in [-0.39, 0.29) is 30.7 Å². The molecule has 1 heterocycles. The lowest BCUT2D eigenvalue weighted by Crippen LogP contribution is -2.32. The van der Waals surface area contributed by atoms with Crippen molar-refractivity contribution in [1.29, 1.82) is 0 Å². The molecular formula is C23H25ClN4O2. The van der Waals surface area contributed by atoms with Crippen molar-refractivity contribution in [3.8, 4) is 16.9 Å². The molecule has 0 aliphatic rings. The molecule has 3 aromatic rings. The van der Waals surface area contributed by atoms with E-state index in [0.717, 1.165) is 23.4 Å². The van der Waals surface area contributed by atoms with Crippen molar-refractivity contribution in [1.82, 2.24) is 15.1 Å². The minimum atomic E-state index is -0.253. The molecule has 0 aliphatic heterocycles. The van der Waals surface area contributed by atoms with E-state index in [1.165, 1.54) is 0 Å². The van der Waals surface area contributed by atoms with Crippen LogP contribution in [0.15, 0.2) is 60.7 Å². The Morgan fingerprint density at radius 1 is 1.03 bits per heavy atom. The molecule has 0 unspecified atom stereocenters. The molecule has 0 fully saturated rings. The average Bonchev–Trinajstić information content (AvgIpc) is 3.16. The van der Waals surface area contributed by atoms with Gasteiger partial charge in [-0.15, -0.1) is 0 Å². The number of carbonyl (C=O) groups is 2. The van der Waals surface area contributed by atoms with E-state index in [2.05, 4.69) is 15.7 Å². The van der Waals surface area contributed by atoms with Crippen molar-refractivity contribution in [3.05, 3.63) is 65.7 Å². The number of halogens is 1. The largest absolute Gasteiger partial charge is 0.354 e. The first-order valence-corrected chi connectivity index (χ1v) is 10.3. The lowest BCUT2D eigenvalue weighted by molar-refractivity contribution is -0.124. The smallest absolute Gasteiger partial charge is 0.226 e. The summed E-state index contributed by atoms with van der Waals surface area (Å²) in [4.78, 5) is 24.5. The normalized spacial score (nSPS) is 11.7. The van der Waals surface area contributed by atoms with E-state index in [1.807, 2.05) is 62.4 Å². The van der Waals surface area contributed by atoms with Crippen LogP contribution in [0.4, 0.5) is 5.82 Å². The molecule has 30 heavy (non-hydrogen) atoms. The number of hydrogen-bond donors (Lipinski definition) is 2. The molecule has 3 rings (SSSR count). The van der Waals surface area contributed by atoms with Crippen molar-refractivity contribution in [2.45, 2.75) is 39.2 Å². The zero-order valence-electron chi connectivity index (χ0n) is 17.1. The van der Waals surface area contributed by atoms with Gasteiger partial charge >= 0.3 is 0 Å². The maximum atomic E-state index is 12.5. The molecule has 0 saturated heterocycles. The summed E-state index contributed by atoms with van der Waals surface area (Å²) in [6.07, 6.45) is 1.07. The lowest BCUT2D eigenvalue weighted by atomic mass is 10.1. The third-order valence-corrected chi connectivity index (χ3v) is 4.93. The fourth-order valence-electron chi connectivity index (χ4n) is 2.91. The predicted octanol–water partition coefficient (Wildman–Crippen LogP) is 4.83. The fraction of sp³-hybridized carbons (Fsp3) is 0.261. The van der Waals surface area contributed by atoms with Crippen LogP contribution in [0, 0.1) is 0 Å². The van der Waals surface area contributed by atoms with Gasteiger partial charge in [0.05, 0.1) is 11.4 Å². The molecule has 2 amide bonds. The summed E-state index contributed by atoms with van der Waals surface area (Å²) in [5, 5.41) is 11.0. The predicted molar refractivity (Wildman–Crippen MR) is 120 cm³/mol. The molecule has 0 spiro atoms. The first kappa shape index (κ1) is 21.6. The second-order valence-corrected chi connectivity index (χ2v) is 7.53. The lowest BCUT2D eigenvalue weighted by Gasteiger charge is -2.11. The molecule has 0 radical (unpaired) electrons. The quantitative estimate of drug-likeness (QED) is 0.544. The van der Waals surface area contributed by atoms with E-state index in [1.54, 1.807) is 16.8 Å². The Morgan fingerprint density at radius 2 is 1.77 bits per heavy atom. The van der Waals surface area contributed by atoms with Crippen molar-refractivity contribution in [3.63, 3.8) is 0 Å². The summed E-state index contributed by atoms with van der Waals surface area (Å²) in [6.45, 7) is 3.94. The number of benzene rings is 2. The molecule has 1 aromatic heterocycles. The molecule has 0 bridgehead atoms. The van der Waals surface area contributed by atoms with Crippen LogP contribution in [0.25, 0.3) is 16.9 Å². The summed E-state index contributed by atoms with van der Waals surface area (Å²) in [5.41, 5.74) is 2.39. The summed E-state index contributed by atoms with van der Waals surface area (Å²) in [7, 11) is 0. The number of aromatic nitrogens is 2. The second kappa shape index (κ2) is 10.1. The number of rotatable bonds is 8. The molecule has 156 valence electrons. The van der Waals surface area contributed by atoms with Crippen LogP contribution in [0.1, 0.15) is 33.1 Å². The molecule has 0 aliphatic carbocycles. The molecule has 7 heteroatoms. The van der Waals surface area contributed by atoms with E-state index in [9.17, 15) is 9.59 Å². The summed E-state index contributed by atoms with van der Waals surface area (Å²) < 4.78 is 1.64. The van der Waals surface area contributed by atoms with Crippen LogP contribution >= 0.6 is 11.6 Å². The monoisotopic (exact) mass is 424 g/mol. The molecule has 2 aromatic carbocycles. The van der Waals surface area contributed by atoms with E-state index < -0.39 is 0 Å². The van der Waals surface area contributed by atoms with Crippen LogP contribution < -0.4 is 10.6 Å². The van der Waals surface area contributed by atoms with Crippen LogP contribution in [0.2, 0.25) is 5.02 Å². The number of nitrogens with one attached hydrogen (secondary N) is 2. The van der Waals surface area contributed by atoms with Crippen LogP contribution in [-0.2, 0) is 9.59 Å². The maximum Gasteiger partial charge on any atom is 0.226 e. The van der Waals surface area contributed by atoms with Gasteiger partial charge in [0.25, 0.3) is 0 Å². The number of nitrogens with zero attached hydrogens (tertiary/aromatic N) is 2. The van der Waals surface area contributed by atoms with Crippen molar-refractivity contribution < 1.29 is 9.59 Å². The highest BCUT2D eigenvalue weighted by molar-refractivity contribution is 6.30. The number of carbonyl (C=O) groups excluding carboxylic acids is 2. The summed E-state index contributed by atoms with van der Waals surface area (Å²) in [5.74, 6) is 0.133. The van der Waals surface area contributed by atoms with Crippen molar-refractivity contribution in [2.75, 3.05) is 5.32 Å². The van der Waals surface area contributed by atoms with Gasteiger partial charge in [-0.1, -0.05) is 54.9 Å². The first-order chi connectivity index (χ1) is 14.5. The molecule has 1 atom stereocenters. The Kier molecular flexibility index (Phi) is 7.25. The molecule has 0 saturated carbocycles. The number of hydrogen-bond acceptors (Lipinski definition) is 3. The van der Waals surface area contributed by atoms with Gasteiger partial charge in [-0.05, 0) is 31.5 Å². The third kappa shape index (κ3) is 5.70. The van der Waals surface area contributed by atoms with Gasteiger partial charge < -0.3 is 10.6 Å². The van der Waals surface area contributed by atoms with Crippen LogP contribution in [0.5, 0.6) is 0 Å². The Labute approximate surface area is 181 Å². The highest BCUT2D eigenvalue weighted by atomic mass is 35.5. The summed E-state index contributed by atoms with van der Waals surface area (Å²) >= 11 is 6.14. The number of amides is 2. The minimum absolute atomic E-state index is 0.0870. The molecule has 6 nitrogen and oxygen atoms in total. The summed E-state index contributed by atoms with van der Waals surface area (Å²) in [6, 6.07) is 18.9. The van der Waals surface area contributed by atoms with Crippen LogP contribution in [-0.4, -0.2) is 27.6 Å². The highest BCUT2D eigenvalue weighted by Crippen LogP contribution is 2.26. The van der Waals surface area contributed by atoms with Crippen molar-refractivity contribution in [2.24, 2.45) is 0 Å². The molecule has 2 N–H and O–H groups in total. The zero-order valence-corrected chi connectivity index (χ0v) is 17.8. The minimum Gasteiger partial charge on any atom is -0.354 e. The van der Waals surface area contributed by atoms with E-state index in [0.29, 0.717) is 10.8 Å². The van der Waals surface area contributed by atoms with Gasteiger partial charge in [-0.3, -0.25) is 9.59 Å². The van der Waals surface area contributed by atoms with Gasteiger partial charge in [-0.25, -0.2) is 4.68 Å². The SMILES string of the molecule is CC[C@@H](C)NC(=O)CCC(=O)Nc1cc(-c2ccccc2)nn1-c1cccc(Cl)c1. The maximum absolute atomic E-state index is 12.5. The first-order valence-electron chi connectivity index (χ1n) is 9.97. The Hall–Kier alpha value is -3.12. The van der Waals surface area contributed by atoms with Gasteiger partial charge in [0, 0.05) is 35.5 Å². The van der Waals surface area contributed by atoms with Gasteiger partial charge in [0.2, 0.25) is 11.8 Å². The number of anilines is 1. The zero-order chi connectivity index (χ0) is 21.5. The standard InChI is InChI=1S/C23H25ClN4O2/c1-3-16(2)25-22(29)12-13-23(30)26-21-15-20(17-8-5-4-6-9-17)27-28(21)19-11-7-10-18(24)14-19/h4-11,14-16H,3,12-13H2,1-2H3,(H,25,29)(H,26,30)/t16-/m1/s1. The van der Waals surface area contributed by atoms with Gasteiger partial charge in [-0.2, -0.15) is 5.10 Å². The average molecular weight is 425 g/mol. The Bertz CT molecular complexity index is 1020. The third-order valence-electron chi connectivity index (χ3n) is 4.70. The van der Waals surface area contributed by atoms with E-state index >= 15 is 0 Å². The van der Waals surface area contributed by atoms with Crippen molar-refractivity contribution >= 4 is 29.2 Å². The highest BCUT2D eigenvalue weighted by Gasteiger charge is 2.15. The van der Waals surface area contributed by atoms with Gasteiger partial charge in [0.15, 0.2) is 0 Å². The van der Waals surface area contributed by atoms with E-state index in [4.69, 9.17) is 11.6 Å². The second-order valence-electron chi connectivity index (χ2n) is 7.10. The van der Waals surface area contributed by atoms with Gasteiger partial charge in [0.1, 0.15) is 5.82 Å². The molecular weight excluding hydrogens is 400 g/mol. The Balaban J connectivity index is 1.79. The fourth-order valence-corrected chi connectivity index (χ4v) is 3.09. The van der Waals surface area contributed by atoms with Crippen LogP contribution in [0.3, 0.4) is 0 Å². The Morgan fingerprint density at radius 3 is 2.47 bits per heavy atom. The topological polar surface area (TPSA) is 76.0 Å².